The van der Waals surface area contributed by atoms with Crippen molar-refractivity contribution in [1.29, 1.82) is 0 Å². The van der Waals surface area contributed by atoms with Crippen LogP contribution >= 0.6 is 11.3 Å². The van der Waals surface area contributed by atoms with Gasteiger partial charge in [-0.2, -0.15) is 0 Å². The molecule has 0 amide bonds. The Labute approximate surface area is 135 Å². The van der Waals surface area contributed by atoms with Gasteiger partial charge in [-0.25, -0.2) is 4.98 Å². The molecule has 1 aromatic carbocycles. The number of methoxy groups -OCH3 is 1. The SMILES string of the molecule is COc1ccc(C#Cc2ncc(CN3CCCCC3)s2)cc1. The Morgan fingerprint density at radius 3 is 2.64 bits per heavy atom. The first-order valence-electron chi connectivity index (χ1n) is 7.66. The summed E-state index contributed by atoms with van der Waals surface area (Å²) in [6.07, 6.45) is 5.99. The highest BCUT2D eigenvalue weighted by atomic mass is 32.1. The molecule has 1 fully saturated rings. The van der Waals surface area contributed by atoms with Crippen molar-refractivity contribution >= 4 is 11.3 Å². The molecule has 0 aliphatic carbocycles. The van der Waals surface area contributed by atoms with E-state index in [2.05, 4.69) is 21.7 Å². The predicted molar refractivity (Wildman–Crippen MR) is 90.2 cm³/mol. The number of nitrogens with zero attached hydrogens (tertiary/aromatic N) is 2. The molecule has 0 spiro atoms. The molecular formula is C18H20N2OS. The van der Waals surface area contributed by atoms with Gasteiger partial charge in [-0.05, 0) is 56.1 Å². The van der Waals surface area contributed by atoms with Crippen molar-refractivity contribution in [2.24, 2.45) is 0 Å². The molecule has 2 heterocycles. The molecule has 0 unspecified atom stereocenters. The number of benzene rings is 1. The van der Waals surface area contributed by atoms with Crippen LogP contribution in [0.3, 0.4) is 0 Å². The number of ether oxygens (including phenoxy) is 1. The smallest absolute Gasteiger partial charge is 0.167 e. The maximum absolute atomic E-state index is 5.14. The van der Waals surface area contributed by atoms with Crippen LogP contribution in [0.25, 0.3) is 0 Å². The molecule has 0 N–H and O–H groups in total. The number of likely N-dealkylation sites (tertiary alicyclic amines) is 1. The topological polar surface area (TPSA) is 25.4 Å². The largest absolute Gasteiger partial charge is 0.497 e. The second kappa shape index (κ2) is 7.44. The first-order valence-corrected chi connectivity index (χ1v) is 8.48. The van der Waals surface area contributed by atoms with E-state index in [-0.39, 0.29) is 0 Å². The molecule has 3 nitrogen and oxygen atoms in total. The highest BCUT2D eigenvalue weighted by Crippen LogP contribution is 2.18. The van der Waals surface area contributed by atoms with Gasteiger partial charge in [-0.1, -0.05) is 12.3 Å². The zero-order chi connectivity index (χ0) is 15.2. The number of rotatable bonds is 3. The Hall–Kier alpha value is -1.83. The van der Waals surface area contributed by atoms with Gasteiger partial charge < -0.3 is 4.74 Å². The third-order valence-corrected chi connectivity index (χ3v) is 4.68. The summed E-state index contributed by atoms with van der Waals surface area (Å²) >= 11 is 1.70. The minimum atomic E-state index is 0.851. The summed E-state index contributed by atoms with van der Waals surface area (Å²) in [7, 11) is 1.67. The maximum atomic E-state index is 5.14. The van der Waals surface area contributed by atoms with E-state index in [1.54, 1.807) is 18.4 Å². The molecule has 2 aromatic rings. The average Bonchev–Trinajstić information content (AvgIpc) is 3.02. The van der Waals surface area contributed by atoms with Gasteiger partial charge in [0.25, 0.3) is 0 Å². The fourth-order valence-electron chi connectivity index (χ4n) is 2.58. The van der Waals surface area contributed by atoms with Gasteiger partial charge in [-0.3, -0.25) is 4.90 Å². The van der Waals surface area contributed by atoms with Crippen LogP contribution in [0.5, 0.6) is 5.75 Å². The van der Waals surface area contributed by atoms with E-state index in [1.165, 1.54) is 37.2 Å². The Morgan fingerprint density at radius 2 is 1.91 bits per heavy atom. The van der Waals surface area contributed by atoms with Crippen LogP contribution in [0.2, 0.25) is 0 Å². The lowest BCUT2D eigenvalue weighted by Gasteiger charge is -2.25. The average molecular weight is 312 g/mol. The van der Waals surface area contributed by atoms with Gasteiger partial charge >= 0.3 is 0 Å². The standard InChI is InChI=1S/C18H20N2OS/c1-21-16-8-5-15(6-9-16)7-10-18-19-13-17(22-18)14-20-11-3-2-4-12-20/h5-6,8-9,13H,2-4,11-12,14H2,1H3. The number of aromatic nitrogens is 1. The van der Waals surface area contributed by atoms with Gasteiger partial charge in [0, 0.05) is 23.2 Å². The molecule has 22 heavy (non-hydrogen) atoms. The Morgan fingerprint density at radius 1 is 1.14 bits per heavy atom. The van der Waals surface area contributed by atoms with Crippen molar-refractivity contribution in [3.05, 3.63) is 45.9 Å². The normalized spacial score (nSPS) is 15.1. The summed E-state index contributed by atoms with van der Waals surface area (Å²) in [6, 6.07) is 7.78. The van der Waals surface area contributed by atoms with Crippen molar-refractivity contribution in [3.8, 4) is 17.6 Å². The molecule has 3 rings (SSSR count). The van der Waals surface area contributed by atoms with Crippen molar-refractivity contribution in [1.82, 2.24) is 9.88 Å². The summed E-state index contributed by atoms with van der Waals surface area (Å²) in [5.41, 5.74) is 0.980. The molecule has 4 heteroatoms. The molecule has 114 valence electrons. The summed E-state index contributed by atoms with van der Waals surface area (Å²) in [5.74, 6) is 7.16. The molecule has 1 aromatic heterocycles. The molecule has 0 bridgehead atoms. The molecule has 1 aliphatic rings. The van der Waals surface area contributed by atoms with E-state index < -0.39 is 0 Å². The Balaban J connectivity index is 1.62. The van der Waals surface area contributed by atoms with Crippen molar-refractivity contribution in [2.45, 2.75) is 25.8 Å². The van der Waals surface area contributed by atoms with E-state index in [9.17, 15) is 0 Å². The summed E-state index contributed by atoms with van der Waals surface area (Å²) < 4.78 is 5.14. The number of piperidine rings is 1. The summed E-state index contributed by atoms with van der Waals surface area (Å²) in [6.45, 7) is 3.44. The van der Waals surface area contributed by atoms with Gasteiger partial charge in [-0.15, -0.1) is 11.3 Å². The number of hydrogen-bond acceptors (Lipinski definition) is 4. The van der Waals surface area contributed by atoms with Gasteiger partial charge in [0.05, 0.1) is 7.11 Å². The monoisotopic (exact) mass is 312 g/mol. The zero-order valence-corrected chi connectivity index (χ0v) is 13.7. The third-order valence-electron chi connectivity index (χ3n) is 3.79. The Kier molecular flexibility index (Phi) is 5.10. The second-order valence-electron chi connectivity index (χ2n) is 5.45. The quantitative estimate of drug-likeness (QED) is 0.811. The summed E-state index contributed by atoms with van der Waals surface area (Å²) in [5, 5.41) is 0.892. The van der Waals surface area contributed by atoms with Crippen LogP contribution in [-0.2, 0) is 6.54 Å². The fraction of sp³-hybridized carbons (Fsp3) is 0.389. The summed E-state index contributed by atoms with van der Waals surface area (Å²) in [4.78, 5) is 8.24. The van der Waals surface area contributed by atoms with E-state index >= 15 is 0 Å². The lowest BCUT2D eigenvalue weighted by molar-refractivity contribution is 0.222. The molecule has 1 saturated heterocycles. The highest BCUT2D eigenvalue weighted by molar-refractivity contribution is 7.12. The van der Waals surface area contributed by atoms with E-state index in [0.717, 1.165) is 22.9 Å². The first-order chi connectivity index (χ1) is 10.8. The van der Waals surface area contributed by atoms with Gasteiger partial charge in [0.15, 0.2) is 5.01 Å². The molecule has 1 aliphatic heterocycles. The lowest BCUT2D eigenvalue weighted by Crippen LogP contribution is -2.28. The van der Waals surface area contributed by atoms with E-state index in [0.29, 0.717) is 0 Å². The van der Waals surface area contributed by atoms with Crippen molar-refractivity contribution in [3.63, 3.8) is 0 Å². The number of thiazole rings is 1. The number of hydrogen-bond donors (Lipinski definition) is 0. The molecule has 0 atom stereocenters. The highest BCUT2D eigenvalue weighted by Gasteiger charge is 2.11. The van der Waals surface area contributed by atoms with Gasteiger partial charge in [0.2, 0.25) is 0 Å². The minimum Gasteiger partial charge on any atom is -0.497 e. The van der Waals surface area contributed by atoms with E-state index in [4.69, 9.17) is 4.74 Å². The van der Waals surface area contributed by atoms with Crippen molar-refractivity contribution < 1.29 is 4.74 Å². The predicted octanol–water partition coefficient (Wildman–Crippen LogP) is 3.54. The third kappa shape index (κ3) is 4.09. The van der Waals surface area contributed by atoms with Gasteiger partial charge in [0.1, 0.15) is 5.75 Å². The first kappa shape index (κ1) is 15.1. The maximum Gasteiger partial charge on any atom is 0.167 e. The second-order valence-corrected chi connectivity index (χ2v) is 6.56. The molecular weight excluding hydrogens is 292 g/mol. The lowest BCUT2D eigenvalue weighted by atomic mass is 10.1. The van der Waals surface area contributed by atoms with Crippen LogP contribution in [0.1, 0.15) is 34.7 Å². The molecule has 0 radical (unpaired) electrons. The van der Waals surface area contributed by atoms with E-state index in [1.807, 2.05) is 30.5 Å². The van der Waals surface area contributed by atoms with Crippen LogP contribution < -0.4 is 4.74 Å². The van der Waals surface area contributed by atoms with Crippen LogP contribution in [0, 0.1) is 11.8 Å². The van der Waals surface area contributed by atoms with Crippen LogP contribution in [0.4, 0.5) is 0 Å². The Bertz CT molecular complexity index is 660. The van der Waals surface area contributed by atoms with Crippen LogP contribution in [-0.4, -0.2) is 30.1 Å². The molecule has 0 saturated carbocycles. The van der Waals surface area contributed by atoms with Crippen LogP contribution in [0.15, 0.2) is 30.5 Å². The zero-order valence-electron chi connectivity index (χ0n) is 12.8. The minimum absolute atomic E-state index is 0.851. The fourth-order valence-corrected chi connectivity index (χ4v) is 3.38. The van der Waals surface area contributed by atoms with Crippen molar-refractivity contribution in [2.75, 3.05) is 20.2 Å².